The van der Waals surface area contributed by atoms with Crippen LogP contribution in [0, 0.1) is 5.82 Å². The van der Waals surface area contributed by atoms with E-state index in [1.165, 1.54) is 0 Å². The molecular formula is C14H21BrFNO2. The fraction of sp³-hybridized carbons (Fsp3) is 0.571. The monoisotopic (exact) mass is 333 g/mol. The van der Waals surface area contributed by atoms with Gasteiger partial charge in [-0.15, -0.1) is 0 Å². The molecule has 0 heterocycles. The summed E-state index contributed by atoms with van der Waals surface area (Å²) >= 11 is 3.22. The summed E-state index contributed by atoms with van der Waals surface area (Å²) in [6.45, 7) is 4.52. The molecule has 0 aromatic heterocycles. The first-order chi connectivity index (χ1) is 9.20. The van der Waals surface area contributed by atoms with Crippen LogP contribution in [0.25, 0.3) is 0 Å². The van der Waals surface area contributed by atoms with Crippen molar-refractivity contribution < 1.29 is 13.9 Å². The molecule has 108 valence electrons. The molecule has 0 spiro atoms. The maximum Gasteiger partial charge on any atom is 0.142 e. The fourth-order valence-electron chi connectivity index (χ4n) is 1.85. The molecule has 0 amide bonds. The highest BCUT2D eigenvalue weighted by atomic mass is 79.9. The summed E-state index contributed by atoms with van der Waals surface area (Å²) in [4.78, 5) is 0. The lowest BCUT2D eigenvalue weighted by atomic mass is 10.0. The van der Waals surface area contributed by atoms with Crippen LogP contribution in [0.3, 0.4) is 0 Å². The van der Waals surface area contributed by atoms with Gasteiger partial charge in [-0.2, -0.15) is 0 Å². The van der Waals surface area contributed by atoms with E-state index in [0.29, 0.717) is 29.9 Å². The molecule has 0 saturated heterocycles. The average molecular weight is 334 g/mol. The van der Waals surface area contributed by atoms with Crippen LogP contribution in [-0.2, 0) is 9.47 Å². The summed E-state index contributed by atoms with van der Waals surface area (Å²) in [6, 6.07) is 5.32. The van der Waals surface area contributed by atoms with Gasteiger partial charge in [-0.1, -0.05) is 19.1 Å². The number of rotatable bonds is 9. The quantitative estimate of drug-likeness (QED) is 0.703. The summed E-state index contributed by atoms with van der Waals surface area (Å²) < 4.78 is 24.9. The van der Waals surface area contributed by atoms with E-state index in [-0.39, 0.29) is 11.9 Å². The summed E-state index contributed by atoms with van der Waals surface area (Å²) in [5.41, 5.74) is 0.673. The smallest absolute Gasteiger partial charge is 0.142 e. The molecule has 0 aliphatic rings. The third kappa shape index (κ3) is 5.57. The van der Waals surface area contributed by atoms with E-state index in [2.05, 4.69) is 21.2 Å². The molecule has 0 fully saturated rings. The Morgan fingerprint density at radius 2 is 2.11 bits per heavy atom. The van der Waals surface area contributed by atoms with Gasteiger partial charge in [0.25, 0.3) is 0 Å². The molecule has 0 saturated carbocycles. The minimum atomic E-state index is -0.203. The molecular weight excluding hydrogens is 313 g/mol. The fourth-order valence-corrected chi connectivity index (χ4v) is 2.23. The molecule has 0 aliphatic heterocycles. The number of methoxy groups -OCH3 is 1. The largest absolute Gasteiger partial charge is 0.382 e. The highest BCUT2D eigenvalue weighted by Crippen LogP contribution is 2.25. The molecule has 0 bridgehead atoms. The van der Waals surface area contributed by atoms with Gasteiger partial charge < -0.3 is 14.8 Å². The summed E-state index contributed by atoms with van der Waals surface area (Å²) in [5.74, 6) is -0.203. The van der Waals surface area contributed by atoms with Crippen molar-refractivity contribution in [3.8, 4) is 0 Å². The van der Waals surface area contributed by atoms with Gasteiger partial charge in [0.2, 0.25) is 0 Å². The lowest BCUT2D eigenvalue weighted by molar-refractivity contribution is 0.0657. The van der Waals surface area contributed by atoms with Crippen molar-refractivity contribution in [2.75, 3.05) is 33.5 Å². The van der Waals surface area contributed by atoms with E-state index < -0.39 is 0 Å². The second-order valence-electron chi connectivity index (χ2n) is 4.15. The molecule has 1 unspecified atom stereocenters. The van der Waals surface area contributed by atoms with Crippen LogP contribution in [0.4, 0.5) is 4.39 Å². The van der Waals surface area contributed by atoms with Crippen LogP contribution >= 0.6 is 15.9 Å². The van der Waals surface area contributed by atoms with Crippen molar-refractivity contribution in [3.63, 3.8) is 0 Å². The molecule has 1 aromatic carbocycles. The van der Waals surface area contributed by atoms with E-state index in [1.807, 2.05) is 19.1 Å². The molecule has 1 N–H and O–H groups in total. The Morgan fingerprint density at radius 3 is 2.79 bits per heavy atom. The number of hydrogen-bond donors (Lipinski definition) is 1. The molecule has 5 heteroatoms. The van der Waals surface area contributed by atoms with Crippen molar-refractivity contribution in [1.29, 1.82) is 0 Å². The zero-order chi connectivity index (χ0) is 14.1. The average Bonchev–Trinajstić information content (AvgIpc) is 2.41. The number of halogens is 2. The molecule has 19 heavy (non-hydrogen) atoms. The van der Waals surface area contributed by atoms with E-state index in [0.717, 1.165) is 13.0 Å². The van der Waals surface area contributed by atoms with Gasteiger partial charge in [0.05, 0.1) is 17.7 Å². The molecule has 1 atom stereocenters. The van der Waals surface area contributed by atoms with Gasteiger partial charge in [-0.3, -0.25) is 0 Å². The van der Waals surface area contributed by atoms with Crippen molar-refractivity contribution >= 4 is 15.9 Å². The molecule has 1 rings (SSSR count). The molecule has 1 aromatic rings. The van der Waals surface area contributed by atoms with Crippen LogP contribution < -0.4 is 5.32 Å². The first-order valence-electron chi connectivity index (χ1n) is 6.44. The van der Waals surface area contributed by atoms with Gasteiger partial charge in [-0.25, -0.2) is 4.39 Å². The highest BCUT2D eigenvalue weighted by Gasteiger charge is 2.16. The summed E-state index contributed by atoms with van der Waals surface area (Å²) in [7, 11) is 1.64. The molecule has 3 nitrogen and oxygen atoms in total. The van der Waals surface area contributed by atoms with E-state index in [4.69, 9.17) is 9.47 Å². The summed E-state index contributed by atoms with van der Waals surface area (Å²) in [5, 5.41) is 3.29. The zero-order valence-electron chi connectivity index (χ0n) is 11.4. The molecule has 0 radical (unpaired) electrons. The Kier molecular flexibility index (Phi) is 8.21. The van der Waals surface area contributed by atoms with Gasteiger partial charge in [0.15, 0.2) is 0 Å². The number of benzene rings is 1. The van der Waals surface area contributed by atoms with Gasteiger partial charge in [-0.05, 0) is 35.0 Å². The predicted molar refractivity (Wildman–Crippen MR) is 77.8 cm³/mol. The van der Waals surface area contributed by atoms with Crippen molar-refractivity contribution in [2.45, 2.75) is 19.4 Å². The Morgan fingerprint density at radius 1 is 1.32 bits per heavy atom. The van der Waals surface area contributed by atoms with Crippen LogP contribution in [0.2, 0.25) is 0 Å². The number of hydrogen-bond acceptors (Lipinski definition) is 3. The topological polar surface area (TPSA) is 30.5 Å². The third-order valence-corrected chi connectivity index (χ3v) is 3.40. The van der Waals surface area contributed by atoms with Gasteiger partial charge >= 0.3 is 0 Å². The normalized spacial score (nSPS) is 12.6. The summed E-state index contributed by atoms with van der Waals surface area (Å²) in [6.07, 6.45) is 0.727. The second kappa shape index (κ2) is 9.42. The SMILES string of the molecule is CCNC(CCOCCOC)c1cccc(Br)c1F. The highest BCUT2D eigenvalue weighted by molar-refractivity contribution is 9.10. The lowest BCUT2D eigenvalue weighted by Crippen LogP contribution is -2.23. The van der Waals surface area contributed by atoms with Crippen LogP contribution in [0.15, 0.2) is 22.7 Å². The zero-order valence-corrected chi connectivity index (χ0v) is 13.0. The Balaban J connectivity index is 2.58. The van der Waals surface area contributed by atoms with E-state index >= 15 is 0 Å². The minimum absolute atomic E-state index is 0.0370. The molecule has 0 aliphatic carbocycles. The van der Waals surface area contributed by atoms with Gasteiger partial charge in [0.1, 0.15) is 5.82 Å². The van der Waals surface area contributed by atoms with Crippen molar-refractivity contribution in [2.24, 2.45) is 0 Å². The number of ether oxygens (including phenoxy) is 2. The minimum Gasteiger partial charge on any atom is -0.382 e. The van der Waals surface area contributed by atoms with Crippen molar-refractivity contribution in [3.05, 3.63) is 34.1 Å². The van der Waals surface area contributed by atoms with E-state index in [1.54, 1.807) is 13.2 Å². The van der Waals surface area contributed by atoms with Crippen molar-refractivity contribution in [1.82, 2.24) is 5.32 Å². The second-order valence-corrected chi connectivity index (χ2v) is 5.00. The third-order valence-electron chi connectivity index (χ3n) is 2.79. The van der Waals surface area contributed by atoms with Crippen LogP contribution in [0.1, 0.15) is 24.9 Å². The first kappa shape index (κ1) is 16.6. The van der Waals surface area contributed by atoms with Crippen LogP contribution in [0.5, 0.6) is 0 Å². The predicted octanol–water partition coefficient (Wildman–Crippen LogP) is 3.29. The first-order valence-corrected chi connectivity index (χ1v) is 7.24. The standard InChI is InChI=1S/C14H21BrFNO2/c1-3-17-13(7-8-19-10-9-18-2)11-5-4-6-12(15)14(11)16/h4-6,13,17H,3,7-10H2,1-2H3. The maximum atomic E-state index is 14.1. The van der Waals surface area contributed by atoms with Crippen LogP contribution in [-0.4, -0.2) is 33.5 Å². The Hall–Kier alpha value is -0.490. The maximum absolute atomic E-state index is 14.1. The van der Waals surface area contributed by atoms with E-state index in [9.17, 15) is 4.39 Å². The Bertz CT molecular complexity index is 376. The lowest BCUT2D eigenvalue weighted by Gasteiger charge is -2.19. The Labute approximate surface area is 122 Å². The van der Waals surface area contributed by atoms with Gasteiger partial charge in [0, 0.05) is 25.3 Å². The number of nitrogens with one attached hydrogen (secondary N) is 1.